The van der Waals surface area contributed by atoms with E-state index < -0.39 is 0 Å². The maximum Gasteiger partial charge on any atom is 0.254 e. The van der Waals surface area contributed by atoms with E-state index >= 15 is 4.39 Å². The van der Waals surface area contributed by atoms with Crippen LogP contribution in [0.4, 0.5) is 4.39 Å². The van der Waals surface area contributed by atoms with Gasteiger partial charge in [0.05, 0.1) is 5.71 Å². The van der Waals surface area contributed by atoms with Crippen molar-refractivity contribution in [3.63, 3.8) is 0 Å². The molecule has 0 radical (unpaired) electrons. The Balaban J connectivity index is 1.56. The summed E-state index contributed by atoms with van der Waals surface area (Å²) in [5.41, 5.74) is 4.86. The van der Waals surface area contributed by atoms with Crippen LogP contribution in [0.2, 0.25) is 0 Å². The molecule has 0 spiro atoms. The molecule has 0 saturated heterocycles. The van der Waals surface area contributed by atoms with Crippen molar-refractivity contribution in [2.45, 2.75) is 51.6 Å². The Morgan fingerprint density at radius 1 is 1.27 bits per heavy atom. The number of amides is 1. The molecule has 5 heteroatoms. The topological polar surface area (TPSA) is 56.2 Å². The highest BCUT2D eigenvalue weighted by Crippen LogP contribution is 2.35. The van der Waals surface area contributed by atoms with Crippen LogP contribution < -0.4 is 5.32 Å². The predicted molar refractivity (Wildman–Crippen MR) is 118 cm³/mol. The Labute approximate surface area is 177 Å². The maximum atomic E-state index is 15.2. The summed E-state index contributed by atoms with van der Waals surface area (Å²) in [5.74, 6) is -0.246. The molecule has 30 heavy (non-hydrogen) atoms. The fourth-order valence-corrected chi connectivity index (χ4v) is 4.58. The number of hydrogen-bond acceptors (Lipinski definition) is 3. The van der Waals surface area contributed by atoms with E-state index in [9.17, 15) is 4.79 Å². The Morgan fingerprint density at radius 3 is 2.63 bits per heavy atom. The molecule has 1 fully saturated rings. The molecule has 0 atom stereocenters. The summed E-state index contributed by atoms with van der Waals surface area (Å²) in [6.45, 7) is 2.21. The van der Waals surface area contributed by atoms with Gasteiger partial charge in [0.15, 0.2) is 0 Å². The largest absolute Gasteiger partial charge is 0.394 e. The summed E-state index contributed by atoms with van der Waals surface area (Å²) in [6.07, 6.45) is 8.34. The Kier molecular flexibility index (Phi) is 5.71. The molecule has 1 saturated carbocycles. The molecule has 2 N–H and O–H groups in total. The number of fused-ring (bicyclic) bond motifs is 1. The van der Waals surface area contributed by atoms with Crippen LogP contribution in [0.1, 0.15) is 63.9 Å². The minimum Gasteiger partial charge on any atom is -0.394 e. The lowest BCUT2D eigenvalue weighted by molar-refractivity contribution is 0.0706. The third kappa shape index (κ3) is 3.76. The average Bonchev–Trinajstić information content (AvgIpc) is 3.39. The smallest absolute Gasteiger partial charge is 0.254 e. The predicted octanol–water partition coefficient (Wildman–Crippen LogP) is 4.72. The number of carbonyl (C=O) groups excluding carboxylic acids is 1. The van der Waals surface area contributed by atoms with Crippen molar-refractivity contribution in [1.82, 2.24) is 10.2 Å². The highest BCUT2D eigenvalue weighted by Gasteiger charge is 2.36. The second kappa shape index (κ2) is 8.42. The highest BCUT2D eigenvalue weighted by molar-refractivity contribution is 6.06. The number of rotatable bonds is 6. The quantitative estimate of drug-likeness (QED) is 0.683. The zero-order valence-electron chi connectivity index (χ0n) is 17.6. The number of halogens is 1. The van der Waals surface area contributed by atoms with Crippen LogP contribution in [-0.4, -0.2) is 29.6 Å². The molecule has 4 nitrogen and oxygen atoms in total. The molecule has 0 unspecified atom stereocenters. The van der Waals surface area contributed by atoms with E-state index in [4.69, 9.17) is 5.41 Å². The number of carbonyl (C=O) groups is 1. The van der Waals surface area contributed by atoms with Gasteiger partial charge in [-0.05, 0) is 66.8 Å². The van der Waals surface area contributed by atoms with Crippen LogP contribution in [0.15, 0.2) is 42.6 Å². The number of nitrogens with one attached hydrogen (secondary N) is 2. The maximum absolute atomic E-state index is 15.2. The molecular formula is C25H28FN3O. The monoisotopic (exact) mass is 405 g/mol. The van der Waals surface area contributed by atoms with Crippen LogP contribution >= 0.6 is 0 Å². The van der Waals surface area contributed by atoms with Crippen LogP contribution in [0.5, 0.6) is 0 Å². The van der Waals surface area contributed by atoms with Crippen LogP contribution in [0, 0.1) is 18.2 Å². The lowest BCUT2D eigenvalue weighted by Crippen LogP contribution is -2.33. The Bertz CT molecular complexity index is 1000. The third-order valence-corrected chi connectivity index (χ3v) is 6.38. The van der Waals surface area contributed by atoms with Gasteiger partial charge >= 0.3 is 0 Å². The first-order valence-electron chi connectivity index (χ1n) is 10.6. The van der Waals surface area contributed by atoms with E-state index in [0.29, 0.717) is 35.4 Å². The summed E-state index contributed by atoms with van der Waals surface area (Å²) < 4.78 is 15.2. The zero-order valence-corrected chi connectivity index (χ0v) is 17.6. The fourth-order valence-electron chi connectivity index (χ4n) is 4.58. The summed E-state index contributed by atoms with van der Waals surface area (Å²) in [5, 5.41) is 10.9. The summed E-state index contributed by atoms with van der Waals surface area (Å²) in [6, 6.07) is 9.90. The van der Waals surface area contributed by atoms with Gasteiger partial charge in [-0.1, -0.05) is 37.1 Å². The van der Waals surface area contributed by atoms with Gasteiger partial charge in [-0.25, -0.2) is 4.39 Å². The Hall–Kier alpha value is -2.95. The van der Waals surface area contributed by atoms with E-state index in [1.165, 1.54) is 0 Å². The average molecular weight is 406 g/mol. The summed E-state index contributed by atoms with van der Waals surface area (Å²) in [7, 11) is 1.79. The number of benzene rings is 2. The first-order valence-corrected chi connectivity index (χ1v) is 10.6. The molecular weight excluding hydrogens is 377 g/mol. The van der Waals surface area contributed by atoms with E-state index in [1.807, 2.05) is 35.2 Å². The molecule has 2 aromatic rings. The van der Waals surface area contributed by atoms with Gasteiger partial charge < -0.3 is 15.6 Å². The number of nitrogens with zero attached hydrogens (tertiary/aromatic N) is 1. The van der Waals surface area contributed by atoms with Crippen LogP contribution in [-0.2, 0) is 13.0 Å². The van der Waals surface area contributed by atoms with Crippen LogP contribution in [0.3, 0.4) is 0 Å². The van der Waals surface area contributed by atoms with Crippen molar-refractivity contribution >= 4 is 11.6 Å². The Morgan fingerprint density at radius 2 is 1.97 bits per heavy atom. The molecule has 1 heterocycles. The first-order chi connectivity index (χ1) is 14.5. The molecule has 1 aliphatic heterocycles. The van der Waals surface area contributed by atoms with Gasteiger partial charge in [0, 0.05) is 30.8 Å². The third-order valence-electron chi connectivity index (χ3n) is 6.38. The normalized spacial score (nSPS) is 16.5. The lowest BCUT2D eigenvalue weighted by Gasteiger charge is -2.23. The lowest BCUT2D eigenvalue weighted by atomic mass is 9.94. The second-order valence-corrected chi connectivity index (χ2v) is 8.28. The van der Waals surface area contributed by atoms with Gasteiger partial charge in [0.2, 0.25) is 0 Å². The number of allylic oxidation sites excluding steroid dienone is 1. The molecule has 0 bridgehead atoms. The van der Waals surface area contributed by atoms with Crippen molar-refractivity contribution in [3.05, 3.63) is 81.8 Å². The highest BCUT2D eigenvalue weighted by atomic mass is 19.1. The number of hydrogen-bond donors (Lipinski definition) is 2. The van der Waals surface area contributed by atoms with E-state index in [2.05, 4.69) is 5.32 Å². The molecule has 2 aromatic carbocycles. The summed E-state index contributed by atoms with van der Waals surface area (Å²) in [4.78, 5) is 14.9. The van der Waals surface area contributed by atoms with Gasteiger partial charge in [-0.2, -0.15) is 0 Å². The molecule has 2 aliphatic rings. The molecule has 0 aromatic heterocycles. The summed E-state index contributed by atoms with van der Waals surface area (Å²) >= 11 is 0. The van der Waals surface area contributed by atoms with Gasteiger partial charge in [0.1, 0.15) is 5.82 Å². The molecule has 156 valence electrons. The van der Waals surface area contributed by atoms with E-state index in [1.54, 1.807) is 26.2 Å². The van der Waals surface area contributed by atoms with Crippen molar-refractivity contribution in [2.24, 2.45) is 0 Å². The first kappa shape index (κ1) is 20.3. The van der Waals surface area contributed by atoms with Gasteiger partial charge in [-0.15, -0.1) is 0 Å². The second-order valence-electron chi connectivity index (χ2n) is 8.28. The zero-order chi connectivity index (χ0) is 21.3. The minimum atomic E-state index is -0.230. The van der Waals surface area contributed by atoms with E-state index in [0.717, 1.165) is 42.4 Å². The van der Waals surface area contributed by atoms with Crippen LogP contribution in [0.25, 0.3) is 0 Å². The standard InChI is InChI=1S/C25H28FN3O/c1-16-19(13-17-7-9-18(10-8-17)23(27)11-12-28-2)14-21-22(24(16)26)15-29(25(21)30)20-5-3-4-6-20/h7-12,14,20,27-28H,3-6,13,15H2,1-2H3/b12-11-,27-23?. The van der Waals surface area contributed by atoms with Gasteiger partial charge in [-0.3, -0.25) is 4.79 Å². The molecule has 1 aliphatic carbocycles. The SMILES string of the molecule is CN/C=C\C(=N)c1ccc(Cc2cc3c(c(F)c2C)CN(C2CCCC2)C3=O)cc1. The molecule has 4 rings (SSSR count). The van der Waals surface area contributed by atoms with Crippen molar-refractivity contribution in [2.75, 3.05) is 7.05 Å². The van der Waals surface area contributed by atoms with Gasteiger partial charge in [0.25, 0.3) is 5.91 Å². The minimum absolute atomic E-state index is 0.0165. The van der Waals surface area contributed by atoms with E-state index in [-0.39, 0.29) is 17.8 Å². The molecule has 1 amide bonds. The van der Waals surface area contributed by atoms with Crippen molar-refractivity contribution < 1.29 is 9.18 Å². The fraction of sp³-hybridized carbons (Fsp3) is 0.360. The van der Waals surface area contributed by atoms with Crippen molar-refractivity contribution in [3.8, 4) is 0 Å². The van der Waals surface area contributed by atoms with Crippen molar-refractivity contribution in [1.29, 1.82) is 5.41 Å².